The zero-order valence-electron chi connectivity index (χ0n) is 9.94. The number of nitrogens with one attached hydrogen (secondary N) is 1. The van der Waals surface area contributed by atoms with Gasteiger partial charge in [0.15, 0.2) is 0 Å². The molecule has 1 heterocycles. The second-order valence-electron chi connectivity index (χ2n) is 5.08. The van der Waals surface area contributed by atoms with Gasteiger partial charge < -0.3 is 10.1 Å². The maximum absolute atomic E-state index is 5.23. The molecule has 0 bridgehead atoms. The van der Waals surface area contributed by atoms with Crippen LogP contribution in [0.4, 0.5) is 0 Å². The lowest BCUT2D eigenvalue weighted by atomic mass is 9.88. The Labute approximate surface area is 88.4 Å². The third-order valence-electron chi connectivity index (χ3n) is 3.02. The fraction of sp³-hybridized carbons (Fsp3) is 1.00. The van der Waals surface area contributed by atoms with Crippen molar-refractivity contribution in [3.8, 4) is 0 Å². The van der Waals surface area contributed by atoms with Gasteiger partial charge in [-0.3, -0.25) is 0 Å². The summed E-state index contributed by atoms with van der Waals surface area (Å²) in [4.78, 5) is 0. The van der Waals surface area contributed by atoms with E-state index < -0.39 is 0 Å². The quantitative estimate of drug-likeness (QED) is 0.636. The molecule has 0 aromatic heterocycles. The smallest absolute Gasteiger partial charge is 0.0554 e. The Morgan fingerprint density at radius 1 is 1.36 bits per heavy atom. The SMILES string of the molecule is CCCCCC(C)NCC1(C)COC1. The molecule has 1 N–H and O–H groups in total. The monoisotopic (exact) mass is 199 g/mol. The molecule has 1 rings (SSSR count). The molecule has 0 aromatic carbocycles. The fourth-order valence-corrected chi connectivity index (χ4v) is 1.78. The van der Waals surface area contributed by atoms with Gasteiger partial charge in [-0.15, -0.1) is 0 Å². The van der Waals surface area contributed by atoms with Crippen molar-refractivity contribution < 1.29 is 4.74 Å². The summed E-state index contributed by atoms with van der Waals surface area (Å²) in [5.74, 6) is 0. The van der Waals surface area contributed by atoms with Gasteiger partial charge in [0.2, 0.25) is 0 Å². The molecule has 1 atom stereocenters. The van der Waals surface area contributed by atoms with Gasteiger partial charge in [0, 0.05) is 18.0 Å². The summed E-state index contributed by atoms with van der Waals surface area (Å²) in [6, 6.07) is 0.666. The van der Waals surface area contributed by atoms with Gasteiger partial charge in [-0.1, -0.05) is 33.1 Å². The molecule has 2 heteroatoms. The van der Waals surface area contributed by atoms with Crippen LogP contribution < -0.4 is 5.32 Å². The molecule has 1 aliphatic heterocycles. The lowest BCUT2D eigenvalue weighted by Gasteiger charge is -2.39. The topological polar surface area (TPSA) is 21.3 Å². The second kappa shape index (κ2) is 5.72. The van der Waals surface area contributed by atoms with Gasteiger partial charge in [-0.2, -0.15) is 0 Å². The number of hydrogen-bond donors (Lipinski definition) is 1. The second-order valence-corrected chi connectivity index (χ2v) is 5.08. The summed E-state index contributed by atoms with van der Waals surface area (Å²) in [5.41, 5.74) is 0.416. The molecule has 0 amide bonds. The van der Waals surface area contributed by atoms with Crippen molar-refractivity contribution in [3.05, 3.63) is 0 Å². The van der Waals surface area contributed by atoms with Crippen LogP contribution in [0.5, 0.6) is 0 Å². The first kappa shape index (κ1) is 12.0. The lowest BCUT2D eigenvalue weighted by molar-refractivity contribution is -0.0999. The van der Waals surface area contributed by atoms with Gasteiger partial charge in [-0.25, -0.2) is 0 Å². The first-order valence-corrected chi connectivity index (χ1v) is 5.97. The van der Waals surface area contributed by atoms with E-state index in [0.717, 1.165) is 19.8 Å². The van der Waals surface area contributed by atoms with Crippen LogP contribution in [0, 0.1) is 5.41 Å². The number of hydrogen-bond acceptors (Lipinski definition) is 2. The van der Waals surface area contributed by atoms with Crippen LogP contribution in [0.1, 0.15) is 46.5 Å². The van der Waals surface area contributed by atoms with Gasteiger partial charge >= 0.3 is 0 Å². The summed E-state index contributed by atoms with van der Waals surface area (Å²) in [6.45, 7) is 9.81. The van der Waals surface area contributed by atoms with Crippen LogP contribution >= 0.6 is 0 Å². The molecule has 1 unspecified atom stereocenters. The van der Waals surface area contributed by atoms with Crippen molar-refractivity contribution in [1.82, 2.24) is 5.32 Å². The zero-order valence-corrected chi connectivity index (χ0v) is 9.94. The van der Waals surface area contributed by atoms with Gasteiger partial charge in [-0.05, 0) is 13.3 Å². The summed E-state index contributed by atoms with van der Waals surface area (Å²) >= 11 is 0. The largest absolute Gasteiger partial charge is 0.380 e. The summed E-state index contributed by atoms with van der Waals surface area (Å²) in [6.07, 6.45) is 5.35. The Morgan fingerprint density at radius 3 is 2.57 bits per heavy atom. The molecular weight excluding hydrogens is 174 g/mol. The van der Waals surface area contributed by atoms with E-state index in [1.165, 1.54) is 25.7 Å². The Morgan fingerprint density at radius 2 is 2.07 bits per heavy atom. The molecule has 1 aliphatic rings. The van der Waals surface area contributed by atoms with E-state index in [1.54, 1.807) is 0 Å². The molecule has 0 radical (unpaired) electrons. The molecule has 1 saturated heterocycles. The van der Waals surface area contributed by atoms with Crippen molar-refractivity contribution in [2.75, 3.05) is 19.8 Å². The van der Waals surface area contributed by atoms with Crippen LogP contribution in [0.3, 0.4) is 0 Å². The molecule has 1 fully saturated rings. The summed E-state index contributed by atoms with van der Waals surface area (Å²) in [5, 5.41) is 3.60. The highest BCUT2D eigenvalue weighted by Crippen LogP contribution is 2.25. The number of unbranched alkanes of at least 4 members (excludes halogenated alkanes) is 2. The van der Waals surface area contributed by atoms with E-state index in [0.29, 0.717) is 11.5 Å². The molecular formula is C12H25NO. The fourth-order valence-electron chi connectivity index (χ4n) is 1.78. The average molecular weight is 199 g/mol. The van der Waals surface area contributed by atoms with Crippen molar-refractivity contribution in [1.29, 1.82) is 0 Å². The minimum atomic E-state index is 0.416. The average Bonchev–Trinajstić information content (AvgIpc) is 2.12. The Kier molecular flexibility index (Phi) is 4.90. The van der Waals surface area contributed by atoms with Crippen LogP contribution in [0.25, 0.3) is 0 Å². The van der Waals surface area contributed by atoms with E-state index >= 15 is 0 Å². The highest BCUT2D eigenvalue weighted by molar-refractivity contribution is 4.83. The van der Waals surface area contributed by atoms with Crippen molar-refractivity contribution >= 4 is 0 Å². The van der Waals surface area contributed by atoms with Crippen LogP contribution in [-0.4, -0.2) is 25.8 Å². The Balaban J connectivity index is 1.99. The molecule has 2 nitrogen and oxygen atoms in total. The number of rotatable bonds is 7. The molecule has 0 spiro atoms. The Bertz CT molecular complexity index is 154. The zero-order chi connectivity index (χ0) is 10.4. The third kappa shape index (κ3) is 3.97. The molecule has 14 heavy (non-hydrogen) atoms. The predicted octanol–water partition coefficient (Wildman–Crippen LogP) is 2.58. The normalized spacial score (nSPS) is 21.6. The predicted molar refractivity (Wildman–Crippen MR) is 60.5 cm³/mol. The van der Waals surface area contributed by atoms with Gasteiger partial charge in [0.05, 0.1) is 13.2 Å². The van der Waals surface area contributed by atoms with Crippen molar-refractivity contribution in [2.45, 2.75) is 52.5 Å². The molecule has 0 saturated carbocycles. The third-order valence-corrected chi connectivity index (χ3v) is 3.02. The van der Waals surface area contributed by atoms with Crippen LogP contribution in [0.15, 0.2) is 0 Å². The van der Waals surface area contributed by atoms with E-state index in [2.05, 4.69) is 26.1 Å². The maximum atomic E-state index is 5.23. The summed E-state index contributed by atoms with van der Waals surface area (Å²) in [7, 11) is 0. The molecule has 84 valence electrons. The van der Waals surface area contributed by atoms with Crippen LogP contribution in [0.2, 0.25) is 0 Å². The van der Waals surface area contributed by atoms with Crippen molar-refractivity contribution in [2.24, 2.45) is 5.41 Å². The lowest BCUT2D eigenvalue weighted by Crippen LogP contribution is -2.49. The minimum Gasteiger partial charge on any atom is -0.380 e. The first-order valence-electron chi connectivity index (χ1n) is 5.97. The standard InChI is InChI=1S/C12H25NO/c1-4-5-6-7-11(2)13-8-12(3)9-14-10-12/h11,13H,4-10H2,1-3H3. The maximum Gasteiger partial charge on any atom is 0.0554 e. The van der Waals surface area contributed by atoms with Gasteiger partial charge in [0.1, 0.15) is 0 Å². The summed E-state index contributed by atoms with van der Waals surface area (Å²) < 4.78 is 5.23. The highest BCUT2D eigenvalue weighted by Gasteiger charge is 2.32. The van der Waals surface area contributed by atoms with Crippen LogP contribution in [-0.2, 0) is 4.74 Å². The molecule has 0 aliphatic carbocycles. The minimum absolute atomic E-state index is 0.416. The number of ether oxygens (including phenoxy) is 1. The van der Waals surface area contributed by atoms with E-state index in [4.69, 9.17) is 4.74 Å². The van der Waals surface area contributed by atoms with E-state index in [9.17, 15) is 0 Å². The Hall–Kier alpha value is -0.0800. The molecule has 0 aromatic rings. The van der Waals surface area contributed by atoms with Gasteiger partial charge in [0.25, 0.3) is 0 Å². The highest BCUT2D eigenvalue weighted by atomic mass is 16.5. The van der Waals surface area contributed by atoms with E-state index in [1.807, 2.05) is 0 Å². The first-order chi connectivity index (χ1) is 6.66. The van der Waals surface area contributed by atoms with E-state index in [-0.39, 0.29) is 0 Å². The van der Waals surface area contributed by atoms with Crippen molar-refractivity contribution in [3.63, 3.8) is 0 Å².